The van der Waals surface area contributed by atoms with E-state index in [2.05, 4.69) is 21.7 Å². The molecule has 1 N–H and O–H groups in total. The molecule has 1 saturated heterocycles. The second-order valence-corrected chi connectivity index (χ2v) is 6.51. The Kier molecular flexibility index (Phi) is 4.77. The highest BCUT2D eigenvalue weighted by molar-refractivity contribution is 6.31. The van der Waals surface area contributed by atoms with Crippen LogP contribution < -0.4 is 4.90 Å². The van der Waals surface area contributed by atoms with E-state index in [-0.39, 0.29) is 0 Å². The number of aromatic nitrogens is 1. The third kappa shape index (κ3) is 4.17. The Labute approximate surface area is 145 Å². The van der Waals surface area contributed by atoms with E-state index in [0.29, 0.717) is 36.0 Å². The van der Waals surface area contributed by atoms with Crippen LogP contribution in [-0.2, 0) is 0 Å². The summed E-state index contributed by atoms with van der Waals surface area (Å²) >= 11 is 11.9. The lowest BCUT2D eigenvalue weighted by molar-refractivity contribution is 0.0746. The van der Waals surface area contributed by atoms with Crippen LogP contribution in [0.15, 0.2) is 42.7 Å². The molecular formula is C18H16Cl2N2O. The van der Waals surface area contributed by atoms with E-state index < -0.39 is 5.60 Å². The lowest BCUT2D eigenvalue weighted by atomic mass is 9.91. The molecule has 1 aromatic carbocycles. The van der Waals surface area contributed by atoms with Gasteiger partial charge in [0.15, 0.2) is 0 Å². The van der Waals surface area contributed by atoms with Crippen LogP contribution in [0.1, 0.15) is 18.4 Å². The Morgan fingerprint density at radius 1 is 1.09 bits per heavy atom. The largest absolute Gasteiger partial charge is 0.377 e. The average molecular weight is 347 g/mol. The topological polar surface area (TPSA) is 36.4 Å². The molecule has 0 saturated carbocycles. The van der Waals surface area contributed by atoms with Crippen LogP contribution in [0.25, 0.3) is 0 Å². The molecule has 3 nitrogen and oxygen atoms in total. The molecule has 0 spiro atoms. The van der Waals surface area contributed by atoms with Gasteiger partial charge in [0.25, 0.3) is 0 Å². The van der Waals surface area contributed by atoms with E-state index in [1.54, 1.807) is 24.5 Å². The van der Waals surface area contributed by atoms with Gasteiger partial charge in [0.2, 0.25) is 0 Å². The summed E-state index contributed by atoms with van der Waals surface area (Å²) in [7, 11) is 0. The number of pyridine rings is 1. The molecule has 0 amide bonds. The van der Waals surface area contributed by atoms with Gasteiger partial charge in [-0.05, 0) is 24.3 Å². The van der Waals surface area contributed by atoms with Crippen LogP contribution >= 0.6 is 23.2 Å². The zero-order valence-corrected chi connectivity index (χ0v) is 14.0. The fourth-order valence-electron chi connectivity index (χ4n) is 2.59. The Morgan fingerprint density at radius 2 is 1.87 bits per heavy atom. The van der Waals surface area contributed by atoms with Crippen molar-refractivity contribution in [2.24, 2.45) is 0 Å². The van der Waals surface area contributed by atoms with Crippen LogP contribution in [0.4, 0.5) is 5.69 Å². The molecule has 5 heteroatoms. The molecule has 2 aromatic rings. The molecule has 118 valence electrons. The number of aliphatic hydroxyl groups is 1. The zero-order valence-electron chi connectivity index (χ0n) is 12.5. The predicted octanol–water partition coefficient (Wildman–Crippen LogP) is 3.77. The van der Waals surface area contributed by atoms with Crippen molar-refractivity contribution >= 4 is 28.9 Å². The first-order chi connectivity index (χ1) is 11.0. The third-order valence-electron chi connectivity index (χ3n) is 3.91. The Balaban J connectivity index is 1.68. The summed E-state index contributed by atoms with van der Waals surface area (Å²) < 4.78 is 0. The molecule has 1 aliphatic rings. The molecule has 1 aliphatic heterocycles. The van der Waals surface area contributed by atoms with Crippen molar-refractivity contribution in [1.82, 2.24) is 4.98 Å². The van der Waals surface area contributed by atoms with E-state index in [1.165, 1.54) is 0 Å². The maximum Gasteiger partial charge on any atom is 0.129 e. The molecular weight excluding hydrogens is 331 g/mol. The first-order valence-electron chi connectivity index (χ1n) is 7.41. The lowest BCUT2D eigenvalue weighted by Crippen LogP contribution is -2.43. The summed E-state index contributed by atoms with van der Waals surface area (Å²) in [5, 5.41) is 11.9. The van der Waals surface area contributed by atoms with Gasteiger partial charge in [-0.3, -0.25) is 4.98 Å². The van der Waals surface area contributed by atoms with Gasteiger partial charge >= 0.3 is 0 Å². The van der Waals surface area contributed by atoms with Crippen LogP contribution in [-0.4, -0.2) is 28.8 Å². The quantitative estimate of drug-likeness (QED) is 0.798. The number of nitrogens with zero attached hydrogens (tertiary/aromatic N) is 2. The van der Waals surface area contributed by atoms with E-state index >= 15 is 0 Å². The number of anilines is 1. The summed E-state index contributed by atoms with van der Waals surface area (Å²) in [6, 6.07) is 9.22. The minimum Gasteiger partial charge on any atom is -0.377 e. The van der Waals surface area contributed by atoms with Crippen LogP contribution in [0.5, 0.6) is 0 Å². The minimum atomic E-state index is -0.967. The van der Waals surface area contributed by atoms with Gasteiger partial charge in [-0.1, -0.05) is 41.1 Å². The monoisotopic (exact) mass is 346 g/mol. The van der Waals surface area contributed by atoms with E-state index in [9.17, 15) is 5.11 Å². The minimum absolute atomic E-state index is 0.576. The molecule has 1 fully saturated rings. The Morgan fingerprint density at radius 3 is 2.57 bits per heavy atom. The van der Waals surface area contributed by atoms with Gasteiger partial charge in [-0.15, -0.1) is 0 Å². The molecule has 0 aliphatic carbocycles. The van der Waals surface area contributed by atoms with Crippen molar-refractivity contribution in [3.05, 3.63) is 58.3 Å². The first-order valence-corrected chi connectivity index (χ1v) is 8.16. The normalized spacial score (nSPS) is 16.6. The van der Waals surface area contributed by atoms with Crippen molar-refractivity contribution in [3.8, 4) is 11.8 Å². The maximum atomic E-state index is 10.6. The van der Waals surface area contributed by atoms with Gasteiger partial charge < -0.3 is 10.0 Å². The molecule has 0 bridgehead atoms. The molecule has 0 radical (unpaired) electrons. The Bertz CT molecular complexity index is 759. The lowest BCUT2D eigenvalue weighted by Gasteiger charge is -2.36. The Hall–Kier alpha value is -1.73. The molecule has 3 rings (SSSR count). The highest BCUT2D eigenvalue weighted by Gasteiger charge is 2.30. The van der Waals surface area contributed by atoms with E-state index in [0.717, 1.165) is 11.3 Å². The summed E-state index contributed by atoms with van der Waals surface area (Å²) in [4.78, 5) is 6.26. The van der Waals surface area contributed by atoms with Gasteiger partial charge in [-0.25, -0.2) is 0 Å². The molecule has 0 unspecified atom stereocenters. The SMILES string of the molecule is OC1(C#Cc2cccc(Cl)c2)CCN(c2cncc(Cl)c2)CC1. The van der Waals surface area contributed by atoms with Crippen LogP contribution in [0.3, 0.4) is 0 Å². The standard InChI is InChI=1S/C18H16Cl2N2O/c19-15-3-1-2-14(10-15)4-5-18(23)6-8-22(9-7-18)17-11-16(20)12-21-13-17/h1-3,10-13,23H,6-9H2. The average Bonchev–Trinajstić information content (AvgIpc) is 2.54. The van der Waals surface area contributed by atoms with Gasteiger partial charge in [-0.2, -0.15) is 0 Å². The number of hydrogen-bond donors (Lipinski definition) is 1. The maximum absolute atomic E-state index is 10.6. The summed E-state index contributed by atoms with van der Waals surface area (Å²) in [5.74, 6) is 6.03. The smallest absolute Gasteiger partial charge is 0.129 e. The number of rotatable bonds is 1. The number of benzene rings is 1. The van der Waals surface area contributed by atoms with Crippen LogP contribution in [0.2, 0.25) is 10.0 Å². The number of piperidine rings is 1. The highest BCUT2D eigenvalue weighted by atomic mass is 35.5. The number of halogens is 2. The van der Waals surface area contributed by atoms with Crippen molar-refractivity contribution in [1.29, 1.82) is 0 Å². The zero-order chi connectivity index (χ0) is 16.3. The fraction of sp³-hybridized carbons (Fsp3) is 0.278. The molecule has 0 atom stereocenters. The van der Waals surface area contributed by atoms with Crippen molar-refractivity contribution in [2.45, 2.75) is 18.4 Å². The third-order valence-corrected chi connectivity index (χ3v) is 4.35. The number of hydrogen-bond acceptors (Lipinski definition) is 3. The fourth-order valence-corrected chi connectivity index (χ4v) is 2.95. The second kappa shape index (κ2) is 6.80. The predicted molar refractivity (Wildman–Crippen MR) is 94.0 cm³/mol. The van der Waals surface area contributed by atoms with E-state index in [4.69, 9.17) is 23.2 Å². The second-order valence-electron chi connectivity index (χ2n) is 5.64. The van der Waals surface area contributed by atoms with Crippen molar-refractivity contribution in [3.63, 3.8) is 0 Å². The summed E-state index contributed by atoms with van der Waals surface area (Å²) in [5.41, 5.74) is 0.819. The van der Waals surface area contributed by atoms with Gasteiger partial charge in [0.05, 0.1) is 16.9 Å². The molecule has 1 aromatic heterocycles. The van der Waals surface area contributed by atoms with Gasteiger partial charge in [0, 0.05) is 42.7 Å². The molecule has 23 heavy (non-hydrogen) atoms. The summed E-state index contributed by atoms with van der Waals surface area (Å²) in [6.07, 6.45) is 4.55. The first kappa shape index (κ1) is 16.1. The highest BCUT2D eigenvalue weighted by Crippen LogP contribution is 2.27. The van der Waals surface area contributed by atoms with Crippen LogP contribution in [0, 0.1) is 11.8 Å². The van der Waals surface area contributed by atoms with Crippen molar-refractivity contribution < 1.29 is 5.11 Å². The molecule has 2 heterocycles. The van der Waals surface area contributed by atoms with Crippen molar-refractivity contribution in [2.75, 3.05) is 18.0 Å². The summed E-state index contributed by atoms with van der Waals surface area (Å²) in [6.45, 7) is 1.42. The van der Waals surface area contributed by atoms with E-state index in [1.807, 2.05) is 18.2 Å². The van der Waals surface area contributed by atoms with Gasteiger partial charge in [0.1, 0.15) is 5.60 Å².